The van der Waals surface area contributed by atoms with Crippen molar-refractivity contribution in [2.24, 2.45) is 0 Å². The summed E-state index contributed by atoms with van der Waals surface area (Å²) in [5.74, 6) is 1.22. The molecular weight excluding hydrogens is 226 g/mol. The molecule has 1 aromatic carbocycles. The zero-order chi connectivity index (χ0) is 13.3. The Labute approximate surface area is 107 Å². The first-order valence-electron chi connectivity index (χ1n) is 6.30. The minimum atomic E-state index is -0.00986. The smallest absolute Gasteiger partial charge is 0.251 e. The molecule has 1 heterocycles. The van der Waals surface area contributed by atoms with Gasteiger partial charge in [0.25, 0.3) is 5.56 Å². The van der Waals surface area contributed by atoms with Crippen LogP contribution in [0, 0.1) is 0 Å². The molecule has 3 heteroatoms. The Hall–Kier alpha value is -1.77. The molecule has 0 saturated heterocycles. The highest BCUT2D eigenvalue weighted by atomic mass is 16.5. The third-order valence-electron chi connectivity index (χ3n) is 3.27. The lowest BCUT2D eigenvalue weighted by molar-refractivity contribution is 0.408. The van der Waals surface area contributed by atoms with E-state index in [0.29, 0.717) is 5.92 Å². The van der Waals surface area contributed by atoms with Crippen molar-refractivity contribution in [2.45, 2.75) is 33.1 Å². The van der Waals surface area contributed by atoms with Crippen LogP contribution in [-0.4, -0.2) is 12.1 Å². The Morgan fingerprint density at radius 2 is 2.00 bits per heavy atom. The van der Waals surface area contributed by atoms with Crippen molar-refractivity contribution in [1.82, 2.24) is 4.98 Å². The normalized spacial score (nSPS) is 11.2. The zero-order valence-electron chi connectivity index (χ0n) is 11.3. The lowest BCUT2D eigenvalue weighted by Crippen LogP contribution is -2.11. The molecule has 0 fully saturated rings. The number of hydrogen-bond donors (Lipinski definition) is 1. The van der Waals surface area contributed by atoms with E-state index >= 15 is 0 Å². The molecule has 0 amide bonds. The van der Waals surface area contributed by atoms with Crippen molar-refractivity contribution >= 4 is 10.9 Å². The average molecular weight is 245 g/mol. The Kier molecular flexibility index (Phi) is 3.41. The summed E-state index contributed by atoms with van der Waals surface area (Å²) in [6.07, 6.45) is 0.744. The van der Waals surface area contributed by atoms with E-state index in [0.717, 1.165) is 28.6 Å². The van der Waals surface area contributed by atoms with Crippen LogP contribution < -0.4 is 10.3 Å². The average Bonchev–Trinajstić information content (AvgIpc) is 2.36. The van der Waals surface area contributed by atoms with Crippen molar-refractivity contribution in [1.29, 1.82) is 0 Å². The quantitative estimate of drug-likeness (QED) is 0.902. The molecular formula is C15H19NO2. The predicted octanol–water partition coefficient (Wildman–Crippen LogP) is 3.22. The maximum atomic E-state index is 11.8. The number of hydrogen-bond acceptors (Lipinski definition) is 2. The third-order valence-corrected chi connectivity index (χ3v) is 3.27. The molecule has 0 bridgehead atoms. The van der Waals surface area contributed by atoms with Crippen LogP contribution in [0.3, 0.4) is 0 Å². The largest absolute Gasteiger partial charge is 0.496 e. The van der Waals surface area contributed by atoms with Gasteiger partial charge in [-0.1, -0.05) is 20.8 Å². The first kappa shape index (κ1) is 12.7. The SMILES string of the molecule is CCc1cc2cc(C(C)C)c(OC)cc2[nH]c1=O. The van der Waals surface area contributed by atoms with Gasteiger partial charge in [-0.05, 0) is 35.4 Å². The second kappa shape index (κ2) is 4.84. The second-order valence-corrected chi connectivity index (χ2v) is 4.81. The Morgan fingerprint density at radius 3 is 2.56 bits per heavy atom. The van der Waals surface area contributed by atoms with Crippen molar-refractivity contribution in [3.05, 3.63) is 39.7 Å². The molecule has 0 saturated carbocycles. The van der Waals surface area contributed by atoms with Crippen LogP contribution in [0.15, 0.2) is 23.0 Å². The molecule has 96 valence electrons. The van der Waals surface area contributed by atoms with E-state index in [2.05, 4.69) is 24.9 Å². The number of rotatable bonds is 3. The van der Waals surface area contributed by atoms with Crippen LogP contribution in [0.4, 0.5) is 0 Å². The van der Waals surface area contributed by atoms with E-state index in [9.17, 15) is 4.79 Å². The molecule has 0 aliphatic carbocycles. The molecule has 2 rings (SSSR count). The lowest BCUT2D eigenvalue weighted by atomic mass is 9.99. The van der Waals surface area contributed by atoms with E-state index < -0.39 is 0 Å². The molecule has 0 aliphatic heterocycles. The van der Waals surface area contributed by atoms with Crippen molar-refractivity contribution < 1.29 is 4.74 Å². The van der Waals surface area contributed by atoms with Crippen LogP contribution in [0.2, 0.25) is 0 Å². The monoisotopic (exact) mass is 245 g/mol. The van der Waals surface area contributed by atoms with Crippen LogP contribution >= 0.6 is 0 Å². The maximum absolute atomic E-state index is 11.8. The van der Waals surface area contributed by atoms with Gasteiger partial charge < -0.3 is 9.72 Å². The minimum Gasteiger partial charge on any atom is -0.496 e. The summed E-state index contributed by atoms with van der Waals surface area (Å²) >= 11 is 0. The van der Waals surface area contributed by atoms with Crippen molar-refractivity contribution in [2.75, 3.05) is 7.11 Å². The summed E-state index contributed by atoms with van der Waals surface area (Å²) in [4.78, 5) is 14.7. The van der Waals surface area contributed by atoms with Crippen molar-refractivity contribution in [3.8, 4) is 5.75 Å². The van der Waals surface area contributed by atoms with Gasteiger partial charge in [-0.15, -0.1) is 0 Å². The molecule has 1 aromatic heterocycles. The van der Waals surface area contributed by atoms with E-state index in [1.807, 2.05) is 19.1 Å². The highest BCUT2D eigenvalue weighted by Crippen LogP contribution is 2.30. The van der Waals surface area contributed by atoms with Gasteiger partial charge in [0, 0.05) is 11.6 Å². The number of aromatic amines is 1. The van der Waals surface area contributed by atoms with Gasteiger partial charge in [-0.3, -0.25) is 4.79 Å². The van der Waals surface area contributed by atoms with Crippen molar-refractivity contribution in [3.63, 3.8) is 0 Å². The molecule has 18 heavy (non-hydrogen) atoms. The number of nitrogens with one attached hydrogen (secondary N) is 1. The number of fused-ring (bicyclic) bond motifs is 1. The molecule has 3 nitrogen and oxygen atoms in total. The van der Waals surface area contributed by atoms with Gasteiger partial charge in [0.2, 0.25) is 0 Å². The summed E-state index contributed by atoms with van der Waals surface area (Å²) in [6.45, 7) is 6.26. The predicted molar refractivity (Wildman–Crippen MR) is 74.6 cm³/mol. The topological polar surface area (TPSA) is 42.1 Å². The summed E-state index contributed by atoms with van der Waals surface area (Å²) in [5.41, 5.74) is 2.81. The number of benzene rings is 1. The molecule has 1 N–H and O–H groups in total. The van der Waals surface area contributed by atoms with Crippen LogP contribution in [0.1, 0.15) is 37.8 Å². The minimum absolute atomic E-state index is 0.00986. The maximum Gasteiger partial charge on any atom is 0.251 e. The molecule has 0 unspecified atom stereocenters. The highest BCUT2D eigenvalue weighted by molar-refractivity contribution is 5.82. The number of aromatic nitrogens is 1. The van der Waals surface area contributed by atoms with E-state index in [-0.39, 0.29) is 5.56 Å². The number of pyridine rings is 1. The summed E-state index contributed by atoms with van der Waals surface area (Å²) in [5, 5.41) is 1.07. The highest BCUT2D eigenvalue weighted by Gasteiger charge is 2.10. The zero-order valence-corrected chi connectivity index (χ0v) is 11.3. The number of H-pyrrole nitrogens is 1. The second-order valence-electron chi connectivity index (χ2n) is 4.81. The van der Waals surface area contributed by atoms with Crippen LogP contribution in [-0.2, 0) is 6.42 Å². The fourth-order valence-electron chi connectivity index (χ4n) is 2.19. The Bertz CT molecular complexity index is 626. The van der Waals surface area contributed by atoms with Crippen LogP contribution in [0.25, 0.3) is 10.9 Å². The first-order chi connectivity index (χ1) is 8.56. The van der Waals surface area contributed by atoms with Gasteiger partial charge in [0.05, 0.1) is 12.6 Å². The fraction of sp³-hybridized carbons (Fsp3) is 0.400. The first-order valence-corrected chi connectivity index (χ1v) is 6.30. The summed E-state index contributed by atoms with van der Waals surface area (Å²) in [6, 6.07) is 5.99. The number of aryl methyl sites for hydroxylation is 1. The van der Waals surface area contributed by atoms with Gasteiger partial charge in [-0.25, -0.2) is 0 Å². The molecule has 0 atom stereocenters. The van der Waals surface area contributed by atoms with E-state index in [1.54, 1.807) is 7.11 Å². The molecule has 2 aromatic rings. The van der Waals surface area contributed by atoms with Crippen LogP contribution in [0.5, 0.6) is 5.75 Å². The van der Waals surface area contributed by atoms with Gasteiger partial charge in [-0.2, -0.15) is 0 Å². The number of ether oxygens (including phenoxy) is 1. The Balaban J connectivity index is 2.75. The van der Waals surface area contributed by atoms with Gasteiger partial charge in [0.1, 0.15) is 5.75 Å². The van der Waals surface area contributed by atoms with E-state index in [4.69, 9.17) is 4.74 Å². The van der Waals surface area contributed by atoms with E-state index in [1.165, 1.54) is 5.56 Å². The summed E-state index contributed by atoms with van der Waals surface area (Å²) < 4.78 is 5.39. The molecule has 0 radical (unpaired) electrons. The standard InChI is InChI=1S/C15H19NO2/c1-5-10-6-11-7-12(9(2)3)14(18-4)8-13(11)16-15(10)17/h6-9H,5H2,1-4H3,(H,16,17). The Morgan fingerprint density at radius 1 is 1.28 bits per heavy atom. The van der Waals surface area contributed by atoms with Gasteiger partial charge in [0.15, 0.2) is 0 Å². The fourth-order valence-corrected chi connectivity index (χ4v) is 2.19. The molecule has 0 aliphatic rings. The molecule has 0 spiro atoms. The lowest BCUT2D eigenvalue weighted by Gasteiger charge is -2.13. The third kappa shape index (κ3) is 2.13. The summed E-state index contributed by atoms with van der Waals surface area (Å²) in [7, 11) is 1.66. The van der Waals surface area contributed by atoms with Gasteiger partial charge >= 0.3 is 0 Å². The number of methoxy groups -OCH3 is 1.